The largest absolute Gasteiger partial charge is 0.438 e. The average Bonchev–Trinajstić information content (AvgIpc) is 2.97. The van der Waals surface area contributed by atoms with E-state index < -0.39 is 0 Å². The van der Waals surface area contributed by atoms with E-state index in [1.165, 1.54) is 0 Å². The van der Waals surface area contributed by atoms with E-state index in [4.69, 9.17) is 9.84 Å². The molecule has 0 bridgehead atoms. The zero-order valence-corrected chi connectivity index (χ0v) is 17.0. The monoisotopic (exact) mass is 377 g/mol. The molecule has 0 aliphatic heterocycles. The van der Waals surface area contributed by atoms with Gasteiger partial charge in [-0.3, -0.25) is 4.79 Å². The Hall–Kier alpha value is -3.08. The smallest absolute Gasteiger partial charge is 0.226 e. The third-order valence-corrected chi connectivity index (χ3v) is 4.66. The molecule has 3 rings (SSSR count). The van der Waals surface area contributed by atoms with Gasteiger partial charge < -0.3 is 10.1 Å². The Bertz CT molecular complexity index is 976. The summed E-state index contributed by atoms with van der Waals surface area (Å²) in [5.41, 5.74) is 4.96. The lowest BCUT2D eigenvalue weighted by atomic mass is 10.1. The number of hydrogen-bond donors (Lipinski definition) is 1. The molecule has 0 aliphatic carbocycles. The molecule has 0 unspecified atom stereocenters. The highest BCUT2D eigenvalue weighted by Crippen LogP contribution is 2.33. The van der Waals surface area contributed by atoms with Gasteiger partial charge in [0.1, 0.15) is 5.75 Å². The van der Waals surface area contributed by atoms with Gasteiger partial charge in [-0.25, -0.2) is 4.68 Å². The molecule has 1 heterocycles. The summed E-state index contributed by atoms with van der Waals surface area (Å²) in [7, 11) is 0. The molecule has 3 aromatic rings. The fourth-order valence-electron chi connectivity index (χ4n) is 3.16. The lowest BCUT2D eigenvalue weighted by molar-refractivity contribution is -0.120. The normalized spacial score (nSPS) is 10.7. The molecule has 28 heavy (non-hydrogen) atoms. The maximum atomic E-state index is 12.0. The Morgan fingerprint density at radius 2 is 1.89 bits per heavy atom. The van der Waals surface area contributed by atoms with Crippen LogP contribution in [0.4, 0.5) is 0 Å². The molecule has 0 saturated carbocycles. The second kappa shape index (κ2) is 8.74. The minimum Gasteiger partial charge on any atom is -0.438 e. The Labute approximate surface area is 166 Å². The molecule has 146 valence electrons. The maximum absolute atomic E-state index is 12.0. The first-order valence-corrected chi connectivity index (χ1v) is 9.65. The van der Waals surface area contributed by atoms with Crippen LogP contribution in [0.3, 0.4) is 0 Å². The number of carbonyl (C=O) groups is 1. The molecule has 5 heteroatoms. The summed E-state index contributed by atoms with van der Waals surface area (Å²) in [5, 5.41) is 7.58. The topological polar surface area (TPSA) is 56.2 Å². The number of ether oxygens (including phenoxy) is 1. The van der Waals surface area contributed by atoms with E-state index in [1.807, 2.05) is 61.9 Å². The second-order valence-electron chi connectivity index (χ2n) is 6.94. The standard InChI is InChI=1S/C23H27N3O2/c1-5-24-22(27)14-13-20-18(4)25-26(19-11-8-9-16(2)15-19)23(20)28-21-12-7-6-10-17(21)3/h6-12,15H,5,13-14H2,1-4H3,(H,24,27). The summed E-state index contributed by atoms with van der Waals surface area (Å²) in [4.78, 5) is 12.0. The summed E-state index contributed by atoms with van der Waals surface area (Å²) >= 11 is 0. The van der Waals surface area contributed by atoms with Crippen LogP contribution in [0.25, 0.3) is 5.69 Å². The lowest BCUT2D eigenvalue weighted by Crippen LogP contribution is -2.22. The van der Waals surface area contributed by atoms with Crippen molar-refractivity contribution in [2.45, 2.75) is 40.5 Å². The molecule has 0 radical (unpaired) electrons. The van der Waals surface area contributed by atoms with E-state index in [0.717, 1.165) is 33.8 Å². The number of nitrogens with zero attached hydrogens (tertiary/aromatic N) is 2. The number of rotatable bonds is 7. The second-order valence-corrected chi connectivity index (χ2v) is 6.94. The molecule has 0 aliphatic rings. The SMILES string of the molecule is CCNC(=O)CCc1c(C)nn(-c2cccc(C)c2)c1Oc1ccccc1C. The molecule has 2 aromatic carbocycles. The third-order valence-electron chi connectivity index (χ3n) is 4.66. The molecular formula is C23H27N3O2. The fraction of sp³-hybridized carbons (Fsp3) is 0.304. The van der Waals surface area contributed by atoms with Gasteiger partial charge in [-0.1, -0.05) is 30.3 Å². The number of aryl methyl sites for hydroxylation is 3. The predicted molar refractivity (Wildman–Crippen MR) is 111 cm³/mol. The van der Waals surface area contributed by atoms with Crippen LogP contribution in [0.1, 0.15) is 35.7 Å². The molecule has 0 atom stereocenters. The minimum atomic E-state index is 0.0343. The van der Waals surface area contributed by atoms with Crippen LogP contribution in [0, 0.1) is 20.8 Å². The Morgan fingerprint density at radius 1 is 1.11 bits per heavy atom. The van der Waals surface area contributed by atoms with Crippen LogP contribution in [-0.2, 0) is 11.2 Å². The Balaban J connectivity index is 2.03. The van der Waals surface area contributed by atoms with E-state index in [1.54, 1.807) is 0 Å². The summed E-state index contributed by atoms with van der Waals surface area (Å²) < 4.78 is 8.18. The molecule has 1 amide bonds. The van der Waals surface area contributed by atoms with Gasteiger partial charge >= 0.3 is 0 Å². The Morgan fingerprint density at radius 3 is 2.61 bits per heavy atom. The van der Waals surface area contributed by atoms with Crippen LogP contribution < -0.4 is 10.1 Å². The van der Waals surface area contributed by atoms with Gasteiger partial charge in [0.15, 0.2) is 0 Å². The van der Waals surface area contributed by atoms with Crippen molar-refractivity contribution in [3.8, 4) is 17.3 Å². The highest BCUT2D eigenvalue weighted by atomic mass is 16.5. The highest BCUT2D eigenvalue weighted by molar-refractivity contribution is 5.76. The van der Waals surface area contributed by atoms with Crippen molar-refractivity contribution in [2.24, 2.45) is 0 Å². The first-order chi connectivity index (χ1) is 13.5. The van der Waals surface area contributed by atoms with Gasteiger partial charge in [0.05, 0.1) is 11.4 Å². The van der Waals surface area contributed by atoms with E-state index in [9.17, 15) is 4.79 Å². The number of carbonyl (C=O) groups excluding carboxylic acids is 1. The van der Waals surface area contributed by atoms with Gasteiger partial charge in [-0.15, -0.1) is 0 Å². The molecule has 0 fully saturated rings. The predicted octanol–water partition coefficient (Wildman–Crippen LogP) is 4.66. The van der Waals surface area contributed by atoms with E-state index in [-0.39, 0.29) is 5.91 Å². The summed E-state index contributed by atoms with van der Waals surface area (Å²) in [5.74, 6) is 1.49. The zero-order chi connectivity index (χ0) is 20.1. The Kier molecular flexibility index (Phi) is 6.14. The molecule has 1 N–H and O–H groups in total. The summed E-state index contributed by atoms with van der Waals surface area (Å²) in [6, 6.07) is 16.1. The van der Waals surface area contributed by atoms with Crippen LogP contribution in [0.2, 0.25) is 0 Å². The number of para-hydroxylation sites is 1. The fourth-order valence-corrected chi connectivity index (χ4v) is 3.16. The van der Waals surface area contributed by atoms with Crippen molar-refractivity contribution in [1.82, 2.24) is 15.1 Å². The van der Waals surface area contributed by atoms with Crippen LogP contribution >= 0.6 is 0 Å². The van der Waals surface area contributed by atoms with Gasteiger partial charge in [0, 0.05) is 18.5 Å². The molecule has 5 nitrogen and oxygen atoms in total. The summed E-state index contributed by atoms with van der Waals surface area (Å²) in [6.45, 7) is 8.59. The summed E-state index contributed by atoms with van der Waals surface area (Å²) in [6.07, 6.45) is 0.975. The van der Waals surface area contributed by atoms with Gasteiger partial charge in [-0.2, -0.15) is 5.10 Å². The van der Waals surface area contributed by atoms with E-state index in [2.05, 4.69) is 24.4 Å². The van der Waals surface area contributed by atoms with Gasteiger partial charge in [-0.05, 0) is 63.4 Å². The molecule has 1 aromatic heterocycles. The number of benzene rings is 2. The quantitative estimate of drug-likeness (QED) is 0.652. The van der Waals surface area contributed by atoms with Crippen molar-refractivity contribution in [3.05, 3.63) is 70.9 Å². The van der Waals surface area contributed by atoms with Crippen LogP contribution in [0.5, 0.6) is 11.6 Å². The number of amides is 1. The molecular weight excluding hydrogens is 350 g/mol. The van der Waals surface area contributed by atoms with Gasteiger partial charge in [0.25, 0.3) is 0 Å². The van der Waals surface area contributed by atoms with Gasteiger partial charge in [0.2, 0.25) is 11.8 Å². The van der Waals surface area contributed by atoms with E-state index in [0.29, 0.717) is 25.3 Å². The van der Waals surface area contributed by atoms with Crippen molar-refractivity contribution in [2.75, 3.05) is 6.54 Å². The van der Waals surface area contributed by atoms with Crippen molar-refractivity contribution < 1.29 is 9.53 Å². The number of nitrogens with one attached hydrogen (secondary N) is 1. The number of hydrogen-bond acceptors (Lipinski definition) is 3. The van der Waals surface area contributed by atoms with Crippen LogP contribution in [0.15, 0.2) is 48.5 Å². The first-order valence-electron chi connectivity index (χ1n) is 9.65. The maximum Gasteiger partial charge on any atom is 0.226 e. The average molecular weight is 377 g/mol. The minimum absolute atomic E-state index is 0.0343. The number of aromatic nitrogens is 2. The molecule has 0 spiro atoms. The van der Waals surface area contributed by atoms with Crippen molar-refractivity contribution >= 4 is 5.91 Å². The van der Waals surface area contributed by atoms with Crippen molar-refractivity contribution in [3.63, 3.8) is 0 Å². The van der Waals surface area contributed by atoms with Crippen LogP contribution in [-0.4, -0.2) is 22.2 Å². The molecule has 0 saturated heterocycles. The zero-order valence-electron chi connectivity index (χ0n) is 17.0. The lowest BCUT2D eigenvalue weighted by Gasteiger charge is -2.13. The van der Waals surface area contributed by atoms with Crippen molar-refractivity contribution in [1.29, 1.82) is 0 Å². The highest BCUT2D eigenvalue weighted by Gasteiger charge is 2.20. The first kappa shape index (κ1) is 19.7. The van der Waals surface area contributed by atoms with E-state index >= 15 is 0 Å². The third kappa shape index (κ3) is 4.42.